The minimum absolute atomic E-state index is 0.490. The Morgan fingerprint density at radius 2 is 1.25 bits per heavy atom. The van der Waals surface area contributed by atoms with Gasteiger partial charge < -0.3 is 0 Å². The lowest BCUT2D eigenvalue weighted by atomic mass is 9.86. The van der Waals surface area contributed by atoms with E-state index in [1.165, 1.54) is 27.8 Å². The Bertz CT molecular complexity index is 857. The summed E-state index contributed by atoms with van der Waals surface area (Å²) in [4.78, 5) is 0. The summed E-state index contributed by atoms with van der Waals surface area (Å²) in [6, 6.07) is 30.6. The van der Waals surface area contributed by atoms with Crippen LogP contribution in [0.5, 0.6) is 0 Å². The zero-order valence-electron chi connectivity index (χ0n) is 14.1. The first-order valence-corrected chi connectivity index (χ1v) is 8.69. The van der Waals surface area contributed by atoms with Gasteiger partial charge in [0.05, 0.1) is 0 Å². The van der Waals surface area contributed by atoms with E-state index in [1.807, 2.05) is 0 Å². The number of hydrogen-bond donors (Lipinski definition) is 0. The molecule has 24 heavy (non-hydrogen) atoms. The highest BCUT2D eigenvalue weighted by Gasteiger charge is 2.28. The van der Waals surface area contributed by atoms with Crippen molar-refractivity contribution in [1.82, 2.24) is 0 Å². The second kappa shape index (κ2) is 6.49. The van der Waals surface area contributed by atoms with Crippen molar-refractivity contribution in [2.75, 3.05) is 0 Å². The highest BCUT2D eigenvalue weighted by atomic mass is 14.3. The maximum absolute atomic E-state index is 2.31. The molecule has 1 aliphatic carbocycles. The fourth-order valence-electron chi connectivity index (χ4n) is 3.92. The predicted molar refractivity (Wildman–Crippen MR) is 102 cm³/mol. The molecule has 0 fully saturated rings. The van der Waals surface area contributed by atoms with E-state index in [9.17, 15) is 0 Å². The molecule has 0 saturated heterocycles. The summed E-state index contributed by atoms with van der Waals surface area (Å²) < 4.78 is 0. The zero-order valence-corrected chi connectivity index (χ0v) is 14.1. The van der Waals surface area contributed by atoms with Gasteiger partial charge in [-0.15, -0.1) is 0 Å². The quantitative estimate of drug-likeness (QED) is 0.551. The molecule has 3 aromatic rings. The molecule has 1 unspecified atom stereocenters. The van der Waals surface area contributed by atoms with Crippen molar-refractivity contribution in [3.63, 3.8) is 0 Å². The molecule has 0 amide bonds. The Kier molecular flexibility index (Phi) is 4.04. The minimum Gasteiger partial charge on any atom is -0.0622 e. The maximum atomic E-state index is 2.31. The molecule has 0 heterocycles. The molecule has 0 radical (unpaired) electrons. The lowest BCUT2D eigenvalue weighted by Gasteiger charge is -2.18. The van der Waals surface area contributed by atoms with E-state index in [-0.39, 0.29) is 0 Å². The summed E-state index contributed by atoms with van der Waals surface area (Å²) in [5, 5.41) is 0. The van der Waals surface area contributed by atoms with E-state index in [4.69, 9.17) is 0 Å². The van der Waals surface area contributed by atoms with Crippen LogP contribution in [0, 0.1) is 0 Å². The fourth-order valence-corrected chi connectivity index (χ4v) is 3.92. The Labute approximate surface area is 144 Å². The summed E-state index contributed by atoms with van der Waals surface area (Å²) in [6.07, 6.45) is 2.12. The van der Waals surface area contributed by atoms with Gasteiger partial charge in [0.25, 0.3) is 0 Å². The first-order valence-electron chi connectivity index (χ1n) is 8.69. The van der Waals surface area contributed by atoms with E-state index in [0.29, 0.717) is 5.92 Å². The molecule has 118 valence electrons. The Morgan fingerprint density at radius 1 is 0.667 bits per heavy atom. The lowest BCUT2D eigenvalue weighted by Crippen LogP contribution is -2.05. The molecule has 0 spiro atoms. The fraction of sp³-hybridized carbons (Fsp3) is 0.167. The molecule has 0 aliphatic heterocycles. The van der Waals surface area contributed by atoms with Gasteiger partial charge in [0, 0.05) is 5.92 Å². The smallest absolute Gasteiger partial charge is 0.0104 e. The van der Waals surface area contributed by atoms with Crippen LogP contribution in [0.3, 0.4) is 0 Å². The van der Waals surface area contributed by atoms with Crippen LogP contribution < -0.4 is 0 Å². The van der Waals surface area contributed by atoms with E-state index in [1.54, 1.807) is 5.57 Å². The summed E-state index contributed by atoms with van der Waals surface area (Å²) >= 11 is 0. The lowest BCUT2D eigenvalue weighted by molar-refractivity contribution is 0.778. The van der Waals surface area contributed by atoms with Crippen molar-refractivity contribution < 1.29 is 0 Å². The van der Waals surface area contributed by atoms with Gasteiger partial charge in [0.15, 0.2) is 0 Å². The minimum atomic E-state index is 0.490. The molecule has 0 nitrogen and oxygen atoms in total. The van der Waals surface area contributed by atoms with Crippen molar-refractivity contribution in [3.05, 3.63) is 113 Å². The highest BCUT2D eigenvalue weighted by molar-refractivity contribution is 5.77. The molecular formula is C24H22. The van der Waals surface area contributed by atoms with Crippen LogP contribution in [0.2, 0.25) is 0 Å². The average Bonchev–Trinajstić information content (AvgIpc) is 2.90. The van der Waals surface area contributed by atoms with Crippen LogP contribution in [-0.4, -0.2) is 0 Å². The zero-order chi connectivity index (χ0) is 16.4. The van der Waals surface area contributed by atoms with Crippen molar-refractivity contribution >= 4 is 5.57 Å². The summed E-state index contributed by atoms with van der Waals surface area (Å²) in [5.41, 5.74) is 8.78. The van der Waals surface area contributed by atoms with Crippen molar-refractivity contribution in [2.45, 2.75) is 25.7 Å². The Balaban J connectivity index is 1.73. The van der Waals surface area contributed by atoms with Crippen LogP contribution in [-0.2, 0) is 12.8 Å². The number of allylic oxidation sites excluding steroid dienone is 2. The van der Waals surface area contributed by atoms with Crippen molar-refractivity contribution in [1.29, 1.82) is 0 Å². The summed E-state index contributed by atoms with van der Waals surface area (Å²) in [7, 11) is 0. The van der Waals surface area contributed by atoms with Crippen molar-refractivity contribution in [2.24, 2.45) is 0 Å². The SMILES string of the molecule is CC1=C(Cc2ccccc2)C(Cc2ccccc2)c2ccccc21. The second-order valence-corrected chi connectivity index (χ2v) is 6.64. The van der Waals surface area contributed by atoms with Crippen LogP contribution in [0.15, 0.2) is 90.5 Å². The second-order valence-electron chi connectivity index (χ2n) is 6.64. The largest absolute Gasteiger partial charge is 0.0622 e. The Morgan fingerprint density at radius 3 is 1.96 bits per heavy atom. The van der Waals surface area contributed by atoms with Crippen LogP contribution in [0.1, 0.15) is 35.1 Å². The molecule has 1 atom stereocenters. The van der Waals surface area contributed by atoms with Crippen LogP contribution in [0.4, 0.5) is 0 Å². The molecular weight excluding hydrogens is 288 g/mol. The number of hydrogen-bond acceptors (Lipinski definition) is 0. The molecule has 4 rings (SSSR count). The summed E-state index contributed by atoms with van der Waals surface area (Å²) in [6.45, 7) is 2.29. The third kappa shape index (κ3) is 2.80. The van der Waals surface area contributed by atoms with E-state index in [2.05, 4.69) is 91.9 Å². The van der Waals surface area contributed by atoms with E-state index in [0.717, 1.165) is 12.8 Å². The molecule has 0 heteroatoms. The third-order valence-electron chi connectivity index (χ3n) is 5.16. The van der Waals surface area contributed by atoms with Crippen molar-refractivity contribution in [3.8, 4) is 0 Å². The molecule has 0 aromatic heterocycles. The van der Waals surface area contributed by atoms with Crippen LogP contribution >= 0.6 is 0 Å². The molecule has 0 bridgehead atoms. The molecule has 0 N–H and O–H groups in total. The maximum Gasteiger partial charge on any atom is 0.0104 e. The number of fused-ring (bicyclic) bond motifs is 1. The van der Waals surface area contributed by atoms with Gasteiger partial charge in [-0.1, -0.05) is 90.5 Å². The van der Waals surface area contributed by atoms with Gasteiger partial charge in [0.2, 0.25) is 0 Å². The van der Waals surface area contributed by atoms with Crippen LogP contribution in [0.25, 0.3) is 5.57 Å². The predicted octanol–water partition coefficient (Wildman–Crippen LogP) is 6.04. The standard InChI is InChI=1S/C24H22/c1-18-21-14-8-9-15-22(21)24(17-20-12-6-3-7-13-20)23(18)16-19-10-4-2-5-11-19/h2-15,24H,16-17H2,1H3. The van der Waals surface area contributed by atoms with E-state index >= 15 is 0 Å². The topological polar surface area (TPSA) is 0 Å². The summed E-state index contributed by atoms with van der Waals surface area (Å²) in [5.74, 6) is 0.490. The molecule has 3 aromatic carbocycles. The van der Waals surface area contributed by atoms with E-state index < -0.39 is 0 Å². The Hall–Kier alpha value is -2.60. The van der Waals surface area contributed by atoms with Gasteiger partial charge in [0.1, 0.15) is 0 Å². The molecule has 0 saturated carbocycles. The first kappa shape index (κ1) is 15.0. The number of benzene rings is 3. The van der Waals surface area contributed by atoms with Gasteiger partial charge in [-0.2, -0.15) is 0 Å². The van der Waals surface area contributed by atoms with Gasteiger partial charge in [-0.3, -0.25) is 0 Å². The van der Waals surface area contributed by atoms with Gasteiger partial charge in [-0.25, -0.2) is 0 Å². The average molecular weight is 310 g/mol. The van der Waals surface area contributed by atoms with Gasteiger partial charge in [-0.05, 0) is 47.6 Å². The monoisotopic (exact) mass is 310 g/mol. The first-order chi connectivity index (χ1) is 11.8. The molecule has 1 aliphatic rings. The van der Waals surface area contributed by atoms with Gasteiger partial charge >= 0.3 is 0 Å². The normalized spacial score (nSPS) is 16.3. The third-order valence-corrected chi connectivity index (χ3v) is 5.16. The highest BCUT2D eigenvalue weighted by Crippen LogP contribution is 2.44. The number of rotatable bonds is 4.